The minimum Gasteiger partial charge on any atom is -0.321 e. The minimum absolute atomic E-state index is 0.101. The van der Waals surface area contributed by atoms with Crippen molar-refractivity contribution in [2.75, 3.05) is 12.4 Å². The summed E-state index contributed by atoms with van der Waals surface area (Å²) in [5.74, 6) is -1.26. The van der Waals surface area contributed by atoms with E-state index in [2.05, 4.69) is 10.6 Å². The Hall–Kier alpha value is -4.17. The van der Waals surface area contributed by atoms with Crippen molar-refractivity contribution in [1.29, 1.82) is 0 Å². The van der Waals surface area contributed by atoms with Crippen LogP contribution in [0.1, 0.15) is 27.9 Å². The first kappa shape index (κ1) is 24.9. The molecule has 0 aliphatic carbocycles. The van der Waals surface area contributed by atoms with Gasteiger partial charge in [0, 0.05) is 29.6 Å². The molecule has 1 atom stereocenters. The quantitative estimate of drug-likeness (QED) is 0.374. The number of hydrogen-bond donors (Lipinski definition) is 2. The van der Waals surface area contributed by atoms with Gasteiger partial charge in [0.15, 0.2) is 0 Å². The second-order valence-corrected chi connectivity index (χ2v) is 9.65. The second kappa shape index (κ2) is 11.0. The van der Waals surface area contributed by atoms with Crippen molar-refractivity contribution in [3.8, 4) is 0 Å². The number of hydrogen-bond acceptors (Lipinski definition) is 5. The zero-order valence-electron chi connectivity index (χ0n) is 19.9. The zero-order chi connectivity index (χ0) is 25.7. The van der Waals surface area contributed by atoms with E-state index in [1.165, 1.54) is 18.8 Å². The maximum Gasteiger partial charge on any atom is 0.272 e. The van der Waals surface area contributed by atoms with Crippen LogP contribution in [0.5, 0.6) is 0 Å². The highest BCUT2D eigenvalue weighted by atomic mass is 32.2. The van der Waals surface area contributed by atoms with Gasteiger partial charge in [0.25, 0.3) is 11.8 Å². The summed E-state index contributed by atoms with van der Waals surface area (Å²) in [6, 6.07) is 23.3. The molecule has 36 heavy (non-hydrogen) atoms. The van der Waals surface area contributed by atoms with Crippen molar-refractivity contribution in [3.05, 3.63) is 101 Å². The number of carbonyl (C=O) groups is 4. The molecule has 7 nitrogen and oxygen atoms in total. The average Bonchev–Trinajstić information content (AvgIpc) is 3.12. The molecular weight excluding hydrogens is 474 g/mol. The lowest BCUT2D eigenvalue weighted by Gasteiger charge is -2.12. The molecule has 182 valence electrons. The van der Waals surface area contributed by atoms with Gasteiger partial charge in [-0.3, -0.25) is 24.1 Å². The first-order chi connectivity index (χ1) is 17.3. The van der Waals surface area contributed by atoms with Crippen molar-refractivity contribution < 1.29 is 19.2 Å². The summed E-state index contributed by atoms with van der Waals surface area (Å²) in [5, 5.41) is 5.09. The number of imide groups is 1. The van der Waals surface area contributed by atoms with Gasteiger partial charge in [-0.25, -0.2) is 0 Å². The standard InChI is InChI=1S/C28H25N3O4S/c1-18-8-10-19(11-9-18)16-23(30-26(33)20-6-4-3-5-7-20)27(34)29-21-12-14-22(15-13-21)36-24-17-25(32)31(2)28(24)35/h3-16,24H,17H2,1-2H3,(H,29,34)(H,30,33)/b23-16-. The van der Waals surface area contributed by atoms with Gasteiger partial charge < -0.3 is 10.6 Å². The highest BCUT2D eigenvalue weighted by Gasteiger charge is 2.36. The van der Waals surface area contributed by atoms with Crippen LogP contribution in [0, 0.1) is 6.92 Å². The molecule has 1 saturated heterocycles. The van der Waals surface area contributed by atoms with Crippen molar-refractivity contribution in [2.45, 2.75) is 23.5 Å². The van der Waals surface area contributed by atoms with Gasteiger partial charge in [-0.05, 0) is 55.0 Å². The van der Waals surface area contributed by atoms with Gasteiger partial charge in [-0.1, -0.05) is 48.0 Å². The van der Waals surface area contributed by atoms with Crippen molar-refractivity contribution >= 4 is 47.2 Å². The van der Waals surface area contributed by atoms with Crippen LogP contribution in [-0.4, -0.2) is 40.8 Å². The Kier molecular flexibility index (Phi) is 7.65. The predicted molar refractivity (Wildman–Crippen MR) is 140 cm³/mol. The minimum atomic E-state index is -0.474. The molecule has 1 heterocycles. The average molecular weight is 500 g/mol. The number of amides is 4. The highest BCUT2D eigenvalue weighted by Crippen LogP contribution is 2.31. The summed E-state index contributed by atoms with van der Waals surface area (Å²) >= 11 is 1.32. The van der Waals surface area contributed by atoms with Crippen LogP contribution in [0.25, 0.3) is 6.08 Å². The van der Waals surface area contributed by atoms with Crippen molar-refractivity contribution in [1.82, 2.24) is 10.2 Å². The lowest BCUT2D eigenvalue weighted by atomic mass is 10.1. The topological polar surface area (TPSA) is 95.6 Å². The Morgan fingerprint density at radius 3 is 2.22 bits per heavy atom. The Bertz CT molecular complexity index is 1320. The lowest BCUT2D eigenvalue weighted by molar-refractivity contribution is -0.136. The SMILES string of the molecule is Cc1ccc(/C=C(\NC(=O)c2ccccc2)C(=O)Nc2ccc(SC3CC(=O)N(C)C3=O)cc2)cc1. The third-order valence-corrected chi connectivity index (χ3v) is 6.84. The molecule has 8 heteroatoms. The van der Waals surface area contributed by atoms with Crippen LogP contribution in [0.15, 0.2) is 89.5 Å². The van der Waals surface area contributed by atoms with Crippen LogP contribution in [0.3, 0.4) is 0 Å². The van der Waals surface area contributed by atoms with Gasteiger partial charge >= 0.3 is 0 Å². The molecule has 4 amide bonds. The number of nitrogens with zero attached hydrogens (tertiary/aromatic N) is 1. The fourth-order valence-corrected chi connectivity index (χ4v) is 4.67. The van der Waals surface area contributed by atoms with E-state index in [4.69, 9.17) is 0 Å². The molecule has 0 saturated carbocycles. The van der Waals surface area contributed by atoms with E-state index in [0.717, 1.165) is 20.9 Å². The summed E-state index contributed by atoms with van der Waals surface area (Å²) in [6.07, 6.45) is 1.80. The number of thioether (sulfide) groups is 1. The van der Waals surface area contributed by atoms with Gasteiger partial charge in [0.05, 0.1) is 5.25 Å². The second-order valence-electron chi connectivity index (χ2n) is 8.37. The smallest absolute Gasteiger partial charge is 0.272 e. The summed E-state index contributed by atoms with van der Waals surface area (Å²) in [6.45, 7) is 1.97. The number of rotatable bonds is 7. The monoisotopic (exact) mass is 499 g/mol. The van der Waals surface area contributed by atoms with E-state index in [1.807, 2.05) is 37.3 Å². The van der Waals surface area contributed by atoms with E-state index < -0.39 is 17.1 Å². The van der Waals surface area contributed by atoms with Gasteiger partial charge in [-0.2, -0.15) is 0 Å². The van der Waals surface area contributed by atoms with Gasteiger partial charge in [0.2, 0.25) is 11.8 Å². The largest absolute Gasteiger partial charge is 0.321 e. The highest BCUT2D eigenvalue weighted by molar-refractivity contribution is 8.00. The molecule has 3 aromatic rings. The number of likely N-dealkylation sites (tertiary alicyclic amines) is 1. The van der Waals surface area contributed by atoms with E-state index in [1.54, 1.807) is 54.6 Å². The maximum absolute atomic E-state index is 13.1. The van der Waals surface area contributed by atoms with Gasteiger partial charge in [0.1, 0.15) is 5.70 Å². The number of benzene rings is 3. The molecular formula is C28H25N3O4S. The molecule has 1 unspecified atom stereocenters. The molecule has 2 N–H and O–H groups in total. The molecule has 3 aromatic carbocycles. The van der Waals surface area contributed by atoms with E-state index in [9.17, 15) is 19.2 Å². The third kappa shape index (κ3) is 6.09. The van der Waals surface area contributed by atoms with Crippen LogP contribution >= 0.6 is 11.8 Å². The number of nitrogens with one attached hydrogen (secondary N) is 2. The Morgan fingerprint density at radius 2 is 1.61 bits per heavy atom. The predicted octanol–water partition coefficient (Wildman–Crippen LogP) is 4.25. The molecule has 4 rings (SSSR count). The summed E-state index contributed by atoms with van der Waals surface area (Å²) < 4.78 is 0. The van der Waals surface area contributed by atoms with Crippen LogP contribution in [-0.2, 0) is 14.4 Å². The number of aryl methyl sites for hydroxylation is 1. The lowest BCUT2D eigenvalue weighted by Crippen LogP contribution is -2.30. The van der Waals surface area contributed by atoms with Crippen LogP contribution in [0.4, 0.5) is 5.69 Å². The first-order valence-electron chi connectivity index (χ1n) is 11.3. The molecule has 0 radical (unpaired) electrons. The van der Waals surface area contributed by atoms with E-state index >= 15 is 0 Å². The zero-order valence-corrected chi connectivity index (χ0v) is 20.7. The summed E-state index contributed by atoms with van der Waals surface area (Å²) in [5.41, 5.74) is 2.92. The fraction of sp³-hybridized carbons (Fsp3) is 0.143. The Balaban J connectivity index is 1.49. The maximum atomic E-state index is 13.1. The normalized spacial score (nSPS) is 15.7. The van der Waals surface area contributed by atoms with Crippen LogP contribution < -0.4 is 10.6 Å². The number of anilines is 1. The van der Waals surface area contributed by atoms with E-state index in [-0.39, 0.29) is 23.9 Å². The molecule has 0 bridgehead atoms. The summed E-state index contributed by atoms with van der Waals surface area (Å²) in [4.78, 5) is 51.8. The molecule has 1 aliphatic rings. The Morgan fingerprint density at radius 1 is 0.944 bits per heavy atom. The van der Waals surface area contributed by atoms with Gasteiger partial charge in [-0.15, -0.1) is 11.8 Å². The first-order valence-corrected chi connectivity index (χ1v) is 12.2. The molecule has 0 spiro atoms. The molecule has 1 fully saturated rings. The molecule has 0 aromatic heterocycles. The fourth-order valence-electron chi connectivity index (χ4n) is 3.57. The van der Waals surface area contributed by atoms with E-state index in [0.29, 0.717) is 11.3 Å². The molecule has 1 aliphatic heterocycles. The van der Waals surface area contributed by atoms with Crippen molar-refractivity contribution in [2.24, 2.45) is 0 Å². The van der Waals surface area contributed by atoms with Crippen LogP contribution in [0.2, 0.25) is 0 Å². The summed E-state index contributed by atoms with van der Waals surface area (Å²) in [7, 11) is 1.49. The van der Waals surface area contributed by atoms with Crippen molar-refractivity contribution in [3.63, 3.8) is 0 Å². The number of carbonyl (C=O) groups excluding carboxylic acids is 4. The third-order valence-electron chi connectivity index (χ3n) is 5.65. The Labute approximate surface area is 213 Å².